The van der Waals surface area contributed by atoms with E-state index in [2.05, 4.69) is 0 Å². The summed E-state index contributed by atoms with van der Waals surface area (Å²) >= 11 is 0. The fourth-order valence-corrected chi connectivity index (χ4v) is 3.02. The zero-order chi connectivity index (χ0) is 14.7. The van der Waals surface area contributed by atoms with Crippen LogP contribution in [0.2, 0.25) is 0 Å². The third kappa shape index (κ3) is 3.11. The van der Waals surface area contributed by atoms with Crippen LogP contribution in [0.25, 0.3) is 0 Å². The number of ether oxygens (including phenoxy) is 1. The number of carbonyl (C=O) groups excluding carboxylic acids is 3. The van der Waals surface area contributed by atoms with Crippen molar-refractivity contribution in [3.63, 3.8) is 0 Å². The number of amides is 2. The van der Waals surface area contributed by atoms with Crippen LogP contribution in [-0.2, 0) is 19.1 Å². The Balaban J connectivity index is 1.84. The van der Waals surface area contributed by atoms with E-state index in [0.717, 1.165) is 12.8 Å². The van der Waals surface area contributed by atoms with Crippen molar-refractivity contribution < 1.29 is 19.1 Å². The maximum absolute atomic E-state index is 12.4. The summed E-state index contributed by atoms with van der Waals surface area (Å²) in [6.07, 6.45) is 2.13. The van der Waals surface area contributed by atoms with Crippen molar-refractivity contribution in [1.82, 2.24) is 9.80 Å². The van der Waals surface area contributed by atoms with Crippen LogP contribution in [0, 0.1) is 11.8 Å². The zero-order valence-electron chi connectivity index (χ0n) is 12.1. The van der Waals surface area contributed by atoms with E-state index in [1.165, 1.54) is 7.11 Å². The van der Waals surface area contributed by atoms with E-state index in [-0.39, 0.29) is 29.6 Å². The number of nitrogens with zero attached hydrogens (tertiary/aromatic N) is 2. The highest BCUT2D eigenvalue weighted by atomic mass is 16.5. The van der Waals surface area contributed by atoms with Crippen LogP contribution in [0.5, 0.6) is 0 Å². The molecule has 6 heteroatoms. The summed E-state index contributed by atoms with van der Waals surface area (Å²) in [5, 5.41) is 0. The Morgan fingerprint density at radius 3 is 2.05 bits per heavy atom. The molecule has 2 aliphatic heterocycles. The lowest BCUT2D eigenvalue weighted by molar-refractivity contribution is -0.145. The SMILES string of the molecule is COC(=O)C1CCN(C(=O)C2CCN(C(C)=O)CC2)C1. The molecule has 0 saturated carbocycles. The number of methoxy groups -OCH3 is 1. The van der Waals surface area contributed by atoms with E-state index in [9.17, 15) is 14.4 Å². The van der Waals surface area contributed by atoms with Crippen molar-refractivity contribution in [3.05, 3.63) is 0 Å². The molecule has 2 amide bonds. The molecule has 0 aliphatic carbocycles. The molecule has 0 aromatic heterocycles. The normalized spacial score (nSPS) is 23.8. The molecule has 112 valence electrons. The number of hydrogen-bond acceptors (Lipinski definition) is 4. The van der Waals surface area contributed by atoms with Crippen LogP contribution in [-0.4, -0.2) is 60.9 Å². The van der Waals surface area contributed by atoms with Crippen LogP contribution < -0.4 is 0 Å². The minimum Gasteiger partial charge on any atom is -0.469 e. The molecule has 0 aromatic rings. The lowest BCUT2D eigenvalue weighted by atomic mass is 9.95. The zero-order valence-corrected chi connectivity index (χ0v) is 12.1. The van der Waals surface area contributed by atoms with Gasteiger partial charge in [0, 0.05) is 39.0 Å². The number of likely N-dealkylation sites (tertiary alicyclic amines) is 2. The van der Waals surface area contributed by atoms with Gasteiger partial charge in [-0.2, -0.15) is 0 Å². The third-order valence-corrected chi connectivity index (χ3v) is 4.32. The second kappa shape index (κ2) is 6.24. The van der Waals surface area contributed by atoms with Gasteiger partial charge in [-0.3, -0.25) is 14.4 Å². The number of piperidine rings is 1. The van der Waals surface area contributed by atoms with Gasteiger partial charge in [-0.1, -0.05) is 0 Å². The van der Waals surface area contributed by atoms with Crippen LogP contribution in [0.3, 0.4) is 0 Å². The standard InChI is InChI=1S/C14H22N2O4/c1-10(17)15-6-3-11(4-7-15)13(18)16-8-5-12(9-16)14(19)20-2/h11-12H,3-9H2,1-2H3. The highest BCUT2D eigenvalue weighted by Gasteiger charge is 2.35. The average Bonchev–Trinajstić information content (AvgIpc) is 2.95. The number of esters is 1. The Morgan fingerprint density at radius 1 is 0.950 bits per heavy atom. The lowest BCUT2D eigenvalue weighted by Gasteiger charge is -2.32. The Kier molecular flexibility index (Phi) is 4.62. The predicted octanol–water partition coefficient (Wildman–Crippen LogP) is 0.266. The molecule has 2 fully saturated rings. The highest BCUT2D eigenvalue weighted by molar-refractivity contribution is 5.81. The first kappa shape index (κ1) is 14.8. The molecule has 0 N–H and O–H groups in total. The number of hydrogen-bond donors (Lipinski definition) is 0. The van der Waals surface area contributed by atoms with Gasteiger partial charge in [0.1, 0.15) is 0 Å². The fourth-order valence-electron chi connectivity index (χ4n) is 3.02. The first-order chi connectivity index (χ1) is 9.52. The summed E-state index contributed by atoms with van der Waals surface area (Å²) in [4.78, 5) is 38.7. The fraction of sp³-hybridized carbons (Fsp3) is 0.786. The van der Waals surface area contributed by atoms with Crippen molar-refractivity contribution in [2.24, 2.45) is 11.8 Å². The molecule has 2 heterocycles. The monoisotopic (exact) mass is 282 g/mol. The van der Waals surface area contributed by atoms with Crippen LogP contribution in [0.1, 0.15) is 26.2 Å². The summed E-state index contributed by atoms with van der Waals surface area (Å²) in [6, 6.07) is 0. The van der Waals surface area contributed by atoms with Gasteiger partial charge in [0.25, 0.3) is 0 Å². The van der Waals surface area contributed by atoms with Crippen LogP contribution >= 0.6 is 0 Å². The molecule has 0 aromatic carbocycles. The molecule has 0 spiro atoms. The first-order valence-corrected chi connectivity index (χ1v) is 7.15. The minimum absolute atomic E-state index is 0.0120. The lowest BCUT2D eigenvalue weighted by Crippen LogP contribution is -2.43. The number of rotatable bonds is 2. The van der Waals surface area contributed by atoms with Gasteiger partial charge in [-0.25, -0.2) is 0 Å². The maximum Gasteiger partial charge on any atom is 0.310 e. The van der Waals surface area contributed by atoms with E-state index in [1.54, 1.807) is 16.7 Å². The molecular weight excluding hydrogens is 260 g/mol. The summed E-state index contributed by atoms with van der Waals surface area (Å²) in [7, 11) is 1.38. The van der Waals surface area contributed by atoms with E-state index in [1.807, 2.05) is 0 Å². The van der Waals surface area contributed by atoms with Crippen LogP contribution in [0.4, 0.5) is 0 Å². The first-order valence-electron chi connectivity index (χ1n) is 7.15. The van der Waals surface area contributed by atoms with Crippen molar-refractivity contribution in [2.45, 2.75) is 26.2 Å². The molecular formula is C14H22N2O4. The Hall–Kier alpha value is -1.59. The average molecular weight is 282 g/mol. The van der Waals surface area contributed by atoms with Crippen LogP contribution in [0.15, 0.2) is 0 Å². The smallest absolute Gasteiger partial charge is 0.310 e. The molecule has 1 unspecified atom stereocenters. The van der Waals surface area contributed by atoms with Gasteiger partial charge in [0.2, 0.25) is 11.8 Å². The molecule has 6 nitrogen and oxygen atoms in total. The number of carbonyl (C=O) groups is 3. The molecule has 20 heavy (non-hydrogen) atoms. The van der Waals surface area contributed by atoms with Crippen molar-refractivity contribution in [2.75, 3.05) is 33.3 Å². The molecule has 2 saturated heterocycles. The molecule has 2 aliphatic rings. The predicted molar refractivity (Wildman–Crippen MR) is 71.7 cm³/mol. The largest absolute Gasteiger partial charge is 0.469 e. The van der Waals surface area contributed by atoms with Gasteiger partial charge >= 0.3 is 5.97 Å². The molecule has 2 rings (SSSR count). The summed E-state index contributed by atoms with van der Waals surface area (Å²) in [6.45, 7) is 3.97. The van der Waals surface area contributed by atoms with E-state index in [4.69, 9.17) is 4.74 Å². The summed E-state index contributed by atoms with van der Waals surface area (Å²) in [5.74, 6) is -0.225. The quantitative estimate of drug-likeness (QED) is 0.682. The van der Waals surface area contributed by atoms with E-state index >= 15 is 0 Å². The van der Waals surface area contributed by atoms with Gasteiger partial charge in [-0.15, -0.1) is 0 Å². The topological polar surface area (TPSA) is 66.9 Å². The van der Waals surface area contributed by atoms with Gasteiger partial charge in [0.05, 0.1) is 13.0 Å². The minimum atomic E-state index is -0.230. The Morgan fingerprint density at radius 2 is 1.50 bits per heavy atom. The summed E-state index contributed by atoms with van der Waals surface area (Å²) in [5.41, 5.74) is 0. The van der Waals surface area contributed by atoms with E-state index < -0.39 is 0 Å². The van der Waals surface area contributed by atoms with Crippen molar-refractivity contribution >= 4 is 17.8 Å². The third-order valence-electron chi connectivity index (χ3n) is 4.32. The molecule has 0 bridgehead atoms. The second-order valence-electron chi connectivity index (χ2n) is 5.57. The van der Waals surface area contributed by atoms with E-state index in [0.29, 0.717) is 32.6 Å². The van der Waals surface area contributed by atoms with Gasteiger partial charge in [0.15, 0.2) is 0 Å². The molecule has 1 atom stereocenters. The maximum atomic E-state index is 12.4. The summed E-state index contributed by atoms with van der Waals surface area (Å²) < 4.78 is 4.73. The highest BCUT2D eigenvalue weighted by Crippen LogP contribution is 2.24. The molecule has 0 radical (unpaired) electrons. The Bertz CT molecular complexity index is 402. The Labute approximate surface area is 119 Å². The van der Waals surface area contributed by atoms with Gasteiger partial charge < -0.3 is 14.5 Å². The van der Waals surface area contributed by atoms with Crippen molar-refractivity contribution in [3.8, 4) is 0 Å². The van der Waals surface area contributed by atoms with Gasteiger partial charge in [-0.05, 0) is 19.3 Å². The van der Waals surface area contributed by atoms with Crippen molar-refractivity contribution in [1.29, 1.82) is 0 Å². The second-order valence-corrected chi connectivity index (χ2v) is 5.57.